The maximum Gasteiger partial charge on any atom is 0.124 e. The Balaban J connectivity index is 2.50. The smallest absolute Gasteiger partial charge is 0.124 e. The van der Waals surface area contributed by atoms with Crippen LogP contribution >= 0.6 is 15.9 Å². The van der Waals surface area contributed by atoms with Gasteiger partial charge in [-0.05, 0) is 55.5 Å². The summed E-state index contributed by atoms with van der Waals surface area (Å²) in [6, 6.07) is 4.96. The van der Waals surface area contributed by atoms with Crippen LogP contribution in [0.3, 0.4) is 0 Å². The Bertz CT molecular complexity index is 368. The predicted molar refractivity (Wildman–Crippen MR) is 79.3 cm³/mol. The van der Waals surface area contributed by atoms with Crippen LogP contribution in [0.15, 0.2) is 22.7 Å². The zero-order valence-corrected chi connectivity index (χ0v) is 13.1. The summed E-state index contributed by atoms with van der Waals surface area (Å²) in [7, 11) is 0. The van der Waals surface area contributed by atoms with E-state index >= 15 is 0 Å². The van der Waals surface area contributed by atoms with Gasteiger partial charge in [-0.15, -0.1) is 0 Å². The van der Waals surface area contributed by atoms with Crippen molar-refractivity contribution in [2.75, 3.05) is 13.1 Å². The molecule has 0 aliphatic rings. The molecule has 18 heavy (non-hydrogen) atoms. The van der Waals surface area contributed by atoms with E-state index in [4.69, 9.17) is 0 Å². The molecular weight excluding hydrogens is 293 g/mol. The molecule has 1 aromatic rings. The van der Waals surface area contributed by atoms with Crippen molar-refractivity contribution in [3.63, 3.8) is 0 Å². The Kier molecular flexibility index (Phi) is 6.87. The van der Waals surface area contributed by atoms with Crippen LogP contribution in [0.2, 0.25) is 0 Å². The monoisotopic (exact) mass is 315 g/mol. The fraction of sp³-hybridized carbons (Fsp3) is 0.600. The molecule has 0 spiro atoms. The maximum absolute atomic E-state index is 13.0. The lowest BCUT2D eigenvalue weighted by Crippen LogP contribution is -2.26. The molecule has 0 saturated carbocycles. The van der Waals surface area contributed by atoms with E-state index in [9.17, 15) is 4.39 Å². The summed E-state index contributed by atoms with van der Waals surface area (Å²) in [5, 5.41) is 3.45. The highest BCUT2D eigenvalue weighted by Gasteiger charge is 2.14. The number of rotatable bonds is 7. The van der Waals surface area contributed by atoms with Gasteiger partial charge < -0.3 is 5.32 Å². The van der Waals surface area contributed by atoms with Crippen molar-refractivity contribution in [3.05, 3.63) is 34.1 Å². The van der Waals surface area contributed by atoms with E-state index in [1.807, 2.05) is 6.07 Å². The van der Waals surface area contributed by atoms with Crippen LogP contribution in [-0.4, -0.2) is 13.1 Å². The van der Waals surface area contributed by atoms with Crippen molar-refractivity contribution in [2.45, 2.75) is 33.6 Å². The van der Waals surface area contributed by atoms with Gasteiger partial charge in [0.05, 0.1) is 0 Å². The third kappa shape index (κ3) is 5.07. The van der Waals surface area contributed by atoms with Crippen molar-refractivity contribution in [2.24, 2.45) is 11.8 Å². The van der Waals surface area contributed by atoms with E-state index in [1.165, 1.54) is 18.1 Å². The van der Waals surface area contributed by atoms with Crippen LogP contribution in [0, 0.1) is 17.7 Å². The molecular formula is C15H23BrFN. The maximum atomic E-state index is 13.0. The van der Waals surface area contributed by atoms with Gasteiger partial charge in [-0.2, -0.15) is 0 Å². The molecule has 0 aliphatic carbocycles. The van der Waals surface area contributed by atoms with Crippen molar-refractivity contribution in [3.8, 4) is 0 Å². The van der Waals surface area contributed by atoms with E-state index in [2.05, 4.69) is 42.0 Å². The van der Waals surface area contributed by atoms with Crippen molar-refractivity contribution >= 4 is 15.9 Å². The Labute approximate surface area is 118 Å². The summed E-state index contributed by atoms with van der Waals surface area (Å²) in [6.45, 7) is 8.83. The van der Waals surface area contributed by atoms with Crippen LogP contribution in [-0.2, 0) is 6.42 Å². The molecule has 2 atom stereocenters. The number of benzene rings is 1. The molecule has 0 fully saturated rings. The van der Waals surface area contributed by atoms with Gasteiger partial charge in [-0.3, -0.25) is 0 Å². The lowest BCUT2D eigenvalue weighted by molar-refractivity contribution is 0.365. The lowest BCUT2D eigenvalue weighted by atomic mass is 9.89. The average molecular weight is 316 g/mol. The molecule has 0 heterocycles. The Morgan fingerprint density at radius 3 is 2.61 bits per heavy atom. The highest BCUT2D eigenvalue weighted by atomic mass is 79.9. The number of halogens is 2. The zero-order chi connectivity index (χ0) is 13.5. The fourth-order valence-electron chi connectivity index (χ4n) is 1.94. The van der Waals surface area contributed by atoms with Gasteiger partial charge in [0, 0.05) is 4.47 Å². The molecule has 0 radical (unpaired) electrons. The first kappa shape index (κ1) is 15.6. The number of hydrogen-bond donors (Lipinski definition) is 1. The molecule has 1 rings (SSSR count). The first-order chi connectivity index (χ1) is 8.54. The second kappa shape index (κ2) is 7.90. The summed E-state index contributed by atoms with van der Waals surface area (Å²) < 4.78 is 13.9. The quantitative estimate of drug-likeness (QED) is 0.735. The normalized spacial score (nSPS) is 14.5. The van der Waals surface area contributed by atoms with Gasteiger partial charge in [0.2, 0.25) is 0 Å². The Morgan fingerprint density at radius 2 is 2.00 bits per heavy atom. The SMILES string of the molecule is CCCNCC(C)C(C)Cc1ccc(F)cc1Br. The fourth-order valence-corrected chi connectivity index (χ4v) is 2.46. The first-order valence-electron chi connectivity index (χ1n) is 6.69. The van der Waals surface area contributed by atoms with E-state index in [0.29, 0.717) is 11.8 Å². The van der Waals surface area contributed by atoms with Gasteiger partial charge in [-0.1, -0.05) is 42.8 Å². The minimum Gasteiger partial charge on any atom is -0.316 e. The van der Waals surface area contributed by atoms with Crippen LogP contribution in [0.25, 0.3) is 0 Å². The van der Waals surface area contributed by atoms with Gasteiger partial charge in [0.15, 0.2) is 0 Å². The molecule has 0 bridgehead atoms. The van der Waals surface area contributed by atoms with Gasteiger partial charge >= 0.3 is 0 Å². The third-order valence-corrected chi connectivity index (χ3v) is 4.16. The Morgan fingerprint density at radius 1 is 1.28 bits per heavy atom. The molecule has 1 nitrogen and oxygen atoms in total. The second-order valence-electron chi connectivity index (χ2n) is 5.10. The van der Waals surface area contributed by atoms with Crippen LogP contribution < -0.4 is 5.32 Å². The summed E-state index contributed by atoms with van der Waals surface area (Å²) in [5.41, 5.74) is 1.19. The largest absolute Gasteiger partial charge is 0.316 e. The standard InChI is InChI=1S/C15H23BrFN/c1-4-7-18-10-12(3)11(2)8-13-5-6-14(17)9-15(13)16/h5-6,9,11-12,18H,4,7-8,10H2,1-3H3. The minimum atomic E-state index is -0.184. The summed E-state index contributed by atoms with van der Waals surface area (Å²) >= 11 is 3.43. The molecule has 0 amide bonds. The molecule has 3 heteroatoms. The highest BCUT2D eigenvalue weighted by molar-refractivity contribution is 9.10. The van der Waals surface area contributed by atoms with Gasteiger partial charge in [-0.25, -0.2) is 4.39 Å². The minimum absolute atomic E-state index is 0.184. The van der Waals surface area contributed by atoms with Crippen molar-refractivity contribution < 1.29 is 4.39 Å². The van der Waals surface area contributed by atoms with E-state index in [-0.39, 0.29) is 5.82 Å². The molecule has 102 valence electrons. The Hall–Kier alpha value is -0.410. The van der Waals surface area contributed by atoms with Gasteiger partial charge in [0.25, 0.3) is 0 Å². The second-order valence-corrected chi connectivity index (χ2v) is 5.95. The van der Waals surface area contributed by atoms with Crippen LogP contribution in [0.4, 0.5) is 4.39 Å². The molecule has 0 aromatic heterocycles. The van der Waals surface area contributed by atoms with Crippen molar-refractivity contribution in [1.29, 1.82) is 0 Å². The topological polar surface area (TPSA) is 12.0 Å². The van der Waals surface area contributed by atoms with Crippen molar-refractivity contribution in [1.82, 2.24) is 5.32 Å². The molecule has 2 unspecified atom stereocenters. The summed E-state index contributed by atoms with van der Waals surface area (Å²) in [4.78, 5) is 0. The molecule has 1 aromatic carbocycles. The van der Waals surface area contributed by atoms with E-state index in [1.54, 1.807) is 6.07 Å². The number of nitrogens with one attached hydrogen (secondary N) is 1. The lowest BCUT2D eigenvalue weighted by Gasteiger charge is -2.21. The zero-order valence-electron chi connectivity index (χ0n) is 11.5. The molecule has 0 aliphatic heterocycles. The van der Waals surface area contributed by atoms with Crippen LogP contribution in [0.5, 0.6) is 0 Å². The van der Waals surface area contributed by atoms with Crippen LogP contribution in [0.1, 0.15) is 32.8 Å². The van der Waals surface area contributed by atoms with E-state index in [0.717, 1.165) is 24.0 Å². The summed E-state index contributed by atoms with van der Waals surface area (Å²) in [5.74, 6) is 1.01. The highest BCUT2D eigenvalue weighted by Crippen LogP contribution is 2.24. The first-order valence-corrected chi connectivity index (χ1v) is 7.48. The van der Waals surface area contributed by atoms with Gasteiger partial charge in [0.1, 0.15) is 5.82 Å². The van der Waals surface area contributed by atoms with E-state index < -0.39 is 0 Å². The molecule has 0 saturated heterocycles. The average Bonchev–Trinajstić information content (AvgIpc) is 2.32. The third-order valence-electron chi connectivity index (χ3n) is 3.42. The number of hydrogen-bond acceptors (Lipinski definition) is 1. The molecule has 1 N–H and O–H groups in total. The summed E-state index contributed by atoms with van der Waals surface area (Å²) in [6.07, 6.45) is 2.15. The predicted octanol–water partition coefficient (Wildman–Crippen LogP) is 4.40.